The Kier molecular flexibility index (Phi) is 24.4. The topological polar surface area (TPSA) is 0 Å². The van der Waals surface area contributed by atoms with Gasteiger partial charge in [-0.2, -0.15) is 0 Å². The number of hydrogen-bond donors (Lipinski definition) is 0. The molecule has 0 aromatic carbocycles. The third-order valence-corrected chi connectivity index (χ3v) is 0. The molecule has 35 valence electrons. The fourth-order valence-electron chi connectivity index (χ4n) is 0. The van der Waals surface area contributed by atoms with Crippen molar-refractivity contribution in [3.8, 4) is 0 Å². The molecule has 0 amide bonds. The normalized spacial score (nSPS) is 4.17. The van der Waals surface area contributed by atoms with Crippen LogP contribution in [0.15, 0.2) is 12.2 Å². The van der Waals surface area contributed by atoms with E-state index in [1.54, 1.807) is 0 Å². The van der Waals surface area contributed by atoms with E-state index in [2.05, 4.69) is 13.5 Å². The molecule has 1 radical (unpaired) electrons. The van der Waals surface area contributed by atoms with Crippen LogP contribution in [0.4, 0.5) is 0 Å². The van der Waals surface area contributed by atoms with E-state index >= 15 is 0 Å². The smallest absolute Gasteiger partial charge is 0 e. The summed E-state index contributed by atoms with van der Waals surface area (Å²) in [5.74, 6) is 0. The fourth-order valence-corrected chi connectivity index (χ4v) is 0. The van der Waals surface area contributed by atoms with Gasteiger partial charge >= 0.3 is 0 Å². The Morgan fingerprint density at radius 3 is 1.67 bits per heavy atom. The zero-order valence-electron chi connectivity index (χ0n) is 4.49. The predicted octanol–water partition coefficient (Wildman–Crippen LogP) is 1.84. The predicted molar refractivity (Wildman–Crippen MR) is 26.6 cm³/mol. The van der Waals surface area contributed by atoms with Crippen LogP contribution in [-0.4, -0.2) is 0 Å². The molecular weight excluding hydrogens is 149 g/mol. The van der Waals surface area contributed by atoms with Crippen molar-refractivity contribution in [2.24, 2.45) is 0 Å². The van der Waals surface area contributed by atoms with Gasteiger partial charge in [0, 0.05) is 32.7 Å². The Bertz CT molecular complexity index is 26.9. The minimum absolute atomic E-state index is 0. The van der Waals surface area contributed by atoms with Gasteiger partial charge in [-0.25, -0.2) is 19.1 Å². The largest absolute Gasteiger partial charge is 0.358 e. The maximum atomic E-state index is 3.44. The standard InChI is InChI=1S/C4H7.CH3.Y/c1-4(2)3;;/h1-2H2,3H3;1H3;/q2*-1;. The van der Waals surface area contributed by atoms with Crippen molar-refractivity contribution in [2.75, 3.05) is 0 Å². The molecule has 0 unspecified atom stereocenters. The second-order valence-electron chi connectivity index (χ2n) is 0.957. The molecule has 0 aromatic rings. The Balaban J connectivity index is -0.0000000450. The molecule has 0 aliphatic carbocycles. The molecule has 0 rings (SSSR count). The molecular formula is C5H10Y-2. The summed E-state index contributed by atoms with van der Waals surface area (Å²) in [4.78, 5) is 0. The quantitative estimate of drug-likeness (QED) is 0.473. The van der Waals surface area contributed by atoms with Gasteiger partial charge in [-0.15, -0.1) is 0 Å². The van der Waals surface area contributed by atoms with E-state index in [1.165, 1.54) is 0 Å². The van der Waals surface area contributed by atoms with Crippen molar-refractivity contribution in [1.82, 2.24) is 0 Å². The van der Waals surface area contributed by atoms with Crippen LogP contribution in [0.5, 0.6) is 0 Å². The van der Waals surface area contributed by atoms with Gasteiger partial charge in [0.1, 0.15) is 0 Å². The zero-order chi connectivity index (χ0) is 3.58. The summed E-state index contributed by atoms with van der Waals surface area (Å²) in [7, 11) is 0. The summed E-state index contributed by atoms with van der Waals surface area (Å²) in [6, 6.07) is 0. The number of rotatable bonds is 0. The van der Waals surface area contributed by atoms with E-state index in [0.717, 1.165) is 5.57 Å². The van der Waals surface area contributed by atoms with E-state index in [9.17, 15) is 0 Å². The van der Waals surface area contributed by atoms with Crippen LogP contribution in [0.1, 0.15) is 6.92 Å². The minimum atomic E-state index is 0. The van der Waals surface area contributed by atoms with Gasteiger partial charge in [0.05, 0.1) is 0 Å². The van der Waals surface area contributed by atoms with Gasteiger partial charge in [0.15, 0.2) is 0 Å². The van der Waals surface area contributed by atoms with Gasteiger partial charge in [0.2, 0.25) is 0 Å². The van der Waals surface area contributed by atoms with Crippen LogP contribution in [-0.2, 0) is 32.7 Å². The summed E-state index contributed by atoms with van der Waals surface area (Å²) in [5.41, 5.74) is 0.917. The molecule has 0 N–H and O–H groups in total. The average molecular weight is 159 g/mol. The Morgan fingerprint density at radius 1 is 1.67 bits per heavy atom. The van der Waals surface area contributed by atoms with Crippen LogP contribution in [0, 0.1) is 14.4 Å². The Morgan fingerprint density at radius 2 is 1.67 bits per heavy atom. The first-order chi connectivity index (χ1) is 1.73. The average Bonchev–Trinajstić information content (AvgIpc) is 0.811. The third-order valence-electron chi connectivity index (χ3n) is 0. The van der Waals surface area contributed by atoms with Crippen LogP contribution in [0.25, 0.3) is 0 Å². The maximum Gasteiger partial charge on any atom is 0 e. The van der Waals surface area contributed by atoms with Crippen LogP contribution in [0.2, 0.25) is 0 Å². The van der Waals surface area contributed by atoms with Crippen molar-refractivity contribution in [2.45, 2.75) is 6.92 Å². The van der Waals surface area contributed by atoms with E-state index in [1.807, 2.05) is 6.92 Å². The number of hydrogen-bond acceptors (Lipinski definition) is 0. The molecule has 6 heavy (non-hydrogen) atoms. The molecule has 0 spiro atoms. The SMILES string of the molecule is C=C([CH2-])C.[CH3-].[Y]. The van der Waals surface area contributed by atoms with Gasteiger partial charge in [0.25, 0.3) is 0 Å². The molecule has 0 aliphatic rings. The summed E-state index contributed by atoms with van der Waals surface area (Å²) in [6.45, 7) is 8.75. The van der Waals surface area contributed by atoms with E-state index in [4.69, 9.17) is 0 Å². The van der Waals surface area contributed by atoms with Crippen LogP contribution >= 0.6 is 0 Å². The molecule has 0 aliphatic heterocycles. The number of allylic oxidation sites excluding steroid dienone is 1. The van der Waals surface area contributed by atoms with Crippen LogP contribution < -0.4 is 0 Å². The summed E-state index contributed by atoms with van der Waals surface area (Å²) >= 11 is 0. The van der Waals surface area contributed by atoms with Crippen molar-refractivity contribution < 1.29 is 32.7 Å². The molecule has 0 saturated carbocycles. The third kappa shape index (κ3) is 128. The molecule has 0 nitrogen and oxygen atoms in total. The summed E-state index contributed by atoms with van der Waals surface area (Å²) < 4.78 is 0. The molecule has 0 saturated heterocycles. The summed E-state index contributed by atoms with van der Waals surface area (Å²) in [5, 5.41) is 0. The first-order valence-electron chi connectivity index (χ1n) is 1.21. The Labute approximate surface area is 65.9 Å². The second kappa shape index (κ2) is 9.21. The maximum absolute atomic E-state index is 3.44. The molecule has 0 bridgehead atoms. The van der Waals surface area contributed by atoms with Crippen molar-refractivity contribution in [1.29, 1.82) is 0 Å². The van der Waals surface area contributed by atoms with E-state index < -0.39 is 0 Å². The monoisotopic (exact) mass is 159 g/mol. The zero-order valence-corrected chi connectivity index (χ0v) is 7.33. The minimum Gasteiger partial charge on any atom is -0.358 e. The van der Waals surface area contributed by atoms with E-state index in [0.29, 0.717) is 0 Å². The molecule has 1 heteroatoms. The Hall–Kier alpha value is 0.714. The van der Waals surface area contributed by atoms with Gasteiger partial charge in [-0.3, -0.25) is 0 Å². The van der Waals surface area contributed by atoms with Crippen molar-refractivity contribution in [3.05, 3.63) is 26.5 Å². The van der Waals surface area contributed by atoms with Gasteiger partial charge < -0.3 is 7.43 Å². The van der Waals surface area contributed by atoms with Crippen LogP contribution in [0.3, 0.4) is 0 Å². The van der Waals surface area contributed by atoms with Gasteiger partial charge in [-0.05, 0) is 0 Å². The van der Waals surface area contributed by atoms with Crippen molar-refractivity contribution >= 4 is 0 Å². The van der Waals surface area contributed by atoms with Crippen molar-refractivity contribution in [3.63, 3.8) is 0 Å². The fraction of sp³-hybridized carbons (Fsp3) is 0.200. The summed E-state index contributed by atoms with van der Waals surface area (Å²) in [6.07, 6.45) is 0. The first kappa shape index (κ1) is 15.9. The molecule has 0 heterocycles. The van der Waals surface area contributed by atoms with Gasteiger partial charge in [-0.1, -0.05) is 6.92 Å². The molecule has 0 aromatic heterocycles. The van der Waals surface area contributed by atoms with E-state index in [-0.39, 0.29) is 40.1 Å². The second-order valence-corrected chi connectivity index (χ2v) is 0.957. The first-order valence-corrected chi connectivity index (χ1v) is 1.21. The molecule has 0 fully saturated rings. The molecule has 0 atom stereocenters.